The fraction of sp³-hybridized carbons (Fsp3) is 0.300. The van der Waals surface area contributed by atoms with Crippen molar-refractivity contribution in [2.75, 3.05) is 13.1 Å². The quantitative estimate of drug-likeness (QED) is 0.554. The fourth-order valence-electron chi connectivity index (χ4n) is 3.95. The van der Waals surface area contributed by atoms with Crippen molar-refractivity contribution >= 4 is 21.8 Å². The van der Waals surface area contributed by atoms with Gasteiger partial charge in [-0.25, -0.2) is 9.97 Å². The number of nitrogens with zero attached hydrogens (tertiary/aromatic N) is 5. The number of aromatic hydroxyl groups is 1. The van der Waals surface area contributed by atoms with E-state index in [0.29, 0.717) is 27.9 Å². The molecule has 1 saturated heterocycles. The molecule has 1 aromatic carbocycles. The molecule has 1 atom stereocenters. The van der Waals surface area contributed by atoms with Gasteiger partial charge in [-0.1, -0.05) is 0 Å². The van der Waals surface area contributed by atoms with Gasteiger partial charge in [-0.3, -0.25) is 9.48 Å². The van der Waals surface area contributed by atoms with Crippen LogP contribution in [-0.2, 0) is 7.05 Å². The Bertz CT molecular complexity index is 1280. The molecule has 3 aromatic heterocycles. The Hall–Kier alpha value is -3.26. The highest BCUT2D eigenvalue weighted by Gasteiger charge is 2.20. The topological polar surface area (TPSA) is 97.9 Å². The Labute approximate surface area is 160 Å². The largest absolute Gasteiger partial charge is 0.507 e. The van der Waals surface area contributed by atoms with Gasteiger partial charge in [0.15, 0.2) is 5.82 Å². The molecule has 0 aliphatic carbocycles. The molecule has 0 unspecified atom stereocenters. The molecule has 142 valence electrons. The Balaban J connectivity index is 1.66. The molecule has 0 radical (unpaired) electrons. The molecule has 1 fully saturated rings. The number of pyridine rings is 1. The van der Waals surface area contributed by atoms with Crippen LogP contribution >= 0.6 is 0 Å². The average molecular weight is 376 g/mol. The van der Waals surface area contributed by atoms with Crippen LogP contribution in [0, 0.1) is 6.92 Å². The van der Waals surface area contributed by atoms with Crippen LogP contribution in [0.3, 0.4) is 0 Å². The zero-order valence-corrected chi connectivity index (χ0v) is 15.7. The average Bonchev–Trinajstić information content (AvgIpc) is 3.34. The van der Waals surface area contributed by atoms with Crippen molar-refractivity contribution < 1.29 is 5.11 Å². The maximum absolute atomic E-state index is 12.9. The fourth-order valence-corrected chi connectivity index (χ4v) is 3.95. The maximum Gasteiger partial charge on any atom is 0.261 e. The SMILES string of the molecule is Cc1c(O)c(-c2ncc3c(=O)n([C@H]4CCNC4)ccc3n2)cc2cn(C)nc12. The molecule has 8 nitrogen and oxygen atoms in total. The van der Waals surface area contributed by atoms with E-state index >= 15 is 0 Å². The number of fused-ring (bicyclic) bond motifs is 2. The molecule has 4 aromatic rings. The predicted molar refractivity (Wildman–Crippen MR) is 106 cm³/mol. The van der Waals surface area contributed by atoms with Crippen LogP contribution in [0.25, 0.3) is 33.2 Å². The van der Waals surface area contributed by atoms with E-state index in [2.05, 4.69) is 20.4 Å². The molecule has 5 rings (SSSR count). The third-order valence-electron chi connectivity index (χ3n) is 5.47. The van der Waals surface area contributed by atoms with Crippen molar-refractivity contribution in [2.24, 2.45) is 7.05 Å². The molecule has 28 heavy (non-hydrogen) atoms. The zero-order chi connectivity index (χ0) is 19.4. The second kappa shape index (κ2) is 6.13. The summed E-state index contributed by atoms with van der Waals surface area (Å²) in [6.07, 6.45) is 6.18. The van der Waals surface area contributed by atoms with E-state index < -0.39 is 0 Å². The first-order valence-electron chi connectivity index (χ1n) is 9.28. The van der Waals surface area contributed by atoms with Crippen molar-refractivity contribution in [3.8, 4) is 17.1 Å². The van der Waals surface area contributed by atoms with E-state index in [1.54, 1.807) is 21.6 Å². The summed E-state index contributed by atoms with van der Waals surface area (Å²) in [5, 5.41) is 19.7. The van der Waals surface area contributed by atoms with Gasteiger partial charge in [0.25, 0.3) is 5.56 Å². The van der Waals surface area contributed by atoms with Crippen molar-refractivity contribution in [2.45, 2.75) is 19.4 Å². The standard InChI is InChI=1S/C20H20N6O2/c1-11-17-12(10-25(2)24-17)7-14(18(11)27)19-22-9-15-16(23-19)4-6-26(20(15)28)13-3-5-21-8-13/h4,6-7,9-10,13,21,27H,3,5,8H2,1-2H3/t13-/m0/s1. The lowest BCUT2D eigenvalue weighted by atomic mass is 10.1. The number of nitrogens with one attached hydrogen (secondary N) is 1. The lowest BCUT2D eigenvalue weighted by Crippen LogP contribution is -2.26. The Morgan fingerprint density at radius 2 is 2.21 bits per heavy atom. The van der Waals surface area contributed by atoms with Crippen molar-refractivity contribution in [3.63, 3.8) is 0 Å². The van der Waals surface area contributed by atoms with Crippen molar-refractivity contribution in [1.29, 1.82) is 0 Å². The number of benzene rings is 1. The van der Waals surface area contributed by atoms with Crippen LogP contribution in [-0.4, -0.2) is 42.5 Å². The lowest BCUT2D eigenvalue weighted by molar-refractivity contribution is 0.473. The summed E-state index contributed by atoms with van der Waals surface area (Å²) in [5.41, 5.74) is 2.45. The number of hydrogen-bond donors (Lipinski definition) is 2. The lowest BCUT2D eigenvalue weighted by Gasteiger charge is -2.13. The molecule has 4 heterocycles. The van der Waals surface area contributed by atoms with E-state index in [9.17, 15) is 9.90 Å². The summed E-state index contributed by atoms with van der Waals surface area (Å²) < 4.78 is 3.47. The number of aryl methyl sites for hydroxylation is 2. The molecule has 1 aliphatic rings. The van der Waals surface area contributed by atoms with Gasteiger partial charge in [-0.05, 0) is 32.0 Å². The van der Waals surface area contributed by atoms with Crippen LogP contribution in [0.1, 0.15) is 18.0 Å². The molecular formula is C20H20N6O2. The highest BCUT2D eigenvalue weighted by atomic mass is 16.3. The summed E-state index contributed by atoms with van der Waals surface area (Å²) in [7, 11) is 1.84. The third kappa shape index (κ3) is 2.49. The first kappa shape index (κ1) is 16.9. The van der Waals surface area contributed by atoms with E-state index in [-0.39, 0.29) is 17.4 Å². The molecule has 0 bridgehead atoms. The van der Waals surface area contributed by atoms with E-state index in [0.717, 1.165) is 30.4 Å². The van der Waals surface area contributed by atoms with E-state index in [1.807, 2.05) is 32.3 Å². The number of hydrogen-bond acceptors (Lipinski definition) is 6. The van der Waals surface area contributed by atoms with Crippen molar-refractivity contribution in [1.82, 2.24) is 29.6 Å². The van der Waals surface area contributed by atoms with Gasteiger partial charge in [-0.15, -0.1) is 0 Å². The Morgan fingerprint density at radius 1 is 1.36 bits per heavy atom. The molecule has 0 amide bonds. The Morgan fingerprint density at radius 3 is 3.00 bits per heavy atom. The first-order valence-corrected chi connectivity index (χ1v) is 9.28. The Kier molecular flexibility index (Phi) is 3.70. The summed E-state index contributed by atoms with van der Waals surface area (Å²) in [4.78, 5) is 21.8. The van der Waals surface area contributed by atoms with Gasteiger partial charge in [-0.2, -0.15) is 5.10 Å². The van der Waals surface area contributed by atoms with Crippen LogP contribution in [0.4, 0.5) is 0 Å². The normalized spacial score (nSPS) is 17.0. The summed E-state index contributed by atoms with van der Waals surface area (Å²) in [6.45, 7) is 3.53. The number of phenols is 1. The van der Waals surface area contributed by atoms with Gasteiger partial charge in [0.2, 0.25) is 0 Å². The smallest absolute Gasteiger partial charge is 0.261 e. The third-order valence-corrected chi connectivity index (χ3v) is 5.47. The minimum absolute atomic E-state index is 0.0825. The molecule has 2 N–H and O–H groups in total. The molecule has 8 heteroatoms. The maximum atomic E-state index is 12.9. The van der Waals surface area contributed by atoms with Crippen LogP contribution in [0.5, 0.6) is 5.75 Å². The molecule has 0 spiro atoms. The van der Waals surface area contributed by atoms with E-state index in [1.165, 1.54) is 0 Å². The van der Waals surface area contributed by atoms with E-state index in [4.69, 9.17) is 0 Å². The first-order chi connectivity index (χ1) is 13.5. The second-order valence-electron chi connectivity index (χ2n) is 7.31. The molecular weight excluding hydrogens is 356 g/mol. The highest BCUT2D eigenvalue weighted by Crippen LogP contribution is 2.35. The van der Waals surface area contributed by atoms with Gasteiger partial charge >= 0.3 is 0 Å². The minimum atomic E-state index is -0.0825. The summed E-state index contributed by atoms with van der Waals surface area (Å²) >= 11 is 0. The second-order valence-corrected chi connectivity index (χ2v) is 7.31. The zero-order valence-electron chi connectivity index (χ0n) is 15.7. The van der Waals surface area contributed by atoms with Crippen LogP contribution in [0.2, 0.25) is 0 Å². The molecule has 0 saturated carbocycles. The summed E-state index contributed by atoms with van der Waals surface area (Å²) in [5.74, 6) is 0.495. The van der Waals surface area contributed by atoms with Crippen LogP contribution in [0.15, 0.2) is 35.5 Å². The van der Waals surface area contributed by atoms with Gasteiger partial charge in [0.1, 0.15) is 5.75 Å². The molecule has 1 aliphatic heterocycles. The predicted octanol–water partition coefficient (Wildman–Crippen LogP) is 1.89. The number of rotatable bonds is 2. The number of phenolic OH excluding ortho intramolecular Hbond substituents is 1. The van der Waals surface area contributed by atoms with Gasteiger partial charge < -0.3 is 15.0 Å². The minimum Gasteiger partial charge on any atom is -0.507 e. The van der Waals surface area contributed by atoms with Crippen molar-refractivity contribution in [3.05, 3.63) is 46.6 Å². The van der Waals surface area contributed by atoms with Gasteiger partial charge in [0, 0.05) is 43.1 Å². The van der Waals surface area contributed by atoms with Crippen LogP contribution < -0.4 is 10.9 Å². The monoisotopic (exact) mass is 376 g/mol. The summed E-state index contributed by atoms with van der Waals surface area (Å²) in [6, 6.07) is 3.83. The highest BCUT2D eigenvalue weighted by molar-refractivity contribution is 5.90. The number of aromatic nitrogens is 5. The van der Waals surface area contributed by atoms with Gasteiger partial charge in [0.05, 0.1) is 28.0 Å².